The maximum Gasteiger partial charge on any atom is 0.165 e. The largest absolute Gasteiger partial charge is 0.489 e. The highest BCUT2D eigenvalue weighted by molar-refractivity contribution is 5.75. The van der Waals surface area contributed by atoms with E-state index in [2.05, 4.69) is 40.2 Å². The van der Waals surface area contributed by atoms with Crippen LogP contribution in [-0.4, -0.2) is 57.3 Å². The van der Waals surface area contributed by atoms with E-state index in [9.17, 15) is 4.39 Å². The first-order valence-electron chi connectivity index (χ1n) is 10.4. The third-order valence-corrected chi connectivity index (χ3v) is 5.80. The van der Waals surface area contributed by atoms with Crippen molar-refractivity contribution in [2.45, 2.75) is 19.8 Å². The van der Waals surface area contributed by atoms with Crippen molar-refractivity contribution in [3.05, 3.63) is 47.8 Å². The maximum atomic E-state index is 14.6. The third-order valence-electron chi connectivity index (χ3n) is 5.80. The molecule has 0 saturated carbocycles. The number of hydrogen-bond donors (Lipinski definition) is 1. The molecule has 5 heteroatoms. The molecular formula is C23H30FN3O. The van der Waals surface area contributed by atoms with Crippen molar-refractivity contribution in [2.75, 3.05) is 57.3 Å². The minimum absolute atomic E-state index is 0.289. The predicted molar refractivity (Wildman–Crippen MR) is 113 cm³/mol. The molecule has 4 nitrogen and oxygen atoms in total. The van der Waals surface area contributed by atoms with Crippen molar-refractivity contribution < 1.29 is 9.13 Å². The molecule has 0 bridgehead atoms. The molecule has 0 aliphatic carbocycles. The van der Waals surface area contributed by atoms with Crippen LogP contribution in [0.5, 0.6) is 5.75 Å². The Morgan fingerprint density at radius 1 is 1.04 bits per heavy atom. The van der Waals surface area contributed by atoms with Gasteiger partial charge in [-0.1, -0.05) is 24.3 Å². The Labute approximate surface area is 167 Å². The molecule has 1 N–H and O–H groups in total. The Kier molecular flexibility index (Phi) is 6.13. The molecule has 150 valence electrons. The zero-order valence-corrected chi connectivity index (χ0v) is 16.7. The fourth-order valence-corrected chi connectivity index (χ4v) is 4.19. The van der Waals surface area contributed by atoms with Crippen LogP contribution >= 0.6 is 0 Å². The minimum atomic E-state index is -0.289. The zero-order valence-electron chi connectivity index (χ0n) is 16.7. The summed E-state index contributed by atoms with van der Waals surface area (Å²) in [5, 5.41) is 3.40. The summed E-state index contributed by atoms with van der Waals surface area (Å²) in [4.78, 5) is 4.79. The number of piperazine rings is 1. The van der Waals surface area contributed by atoms with Crippen LogP contribution in [0.3, 0.4) is 0 Å². The van der Waals surface area contributed by atoms with Crippen molar-refractivity contribution in [3.8, 4) is 16.9 Å². The van der Waals surface area contributed by atoms with Crippen LogP contribution in [0.1, 0.15) is 18.4 Å². The summed E-state index contributed by atoms with van der Waals surface area (Å²) in [6.07, 6.45) is 2.51. The number of aryl methyl sites for hydroxylation is 1. The van der Waals surface area contributed by atoms with Crippen LogP contribution in [0, 0.1) is 12.7 Å². The van der Waals surface area contributed by atoms with E-state index >= 15 is 0 Å². The van der Waals surface area contributed by atoms with Gasteiger partial charge in [0.15, 0.2) is 11.6 Å². The van der Waals surface area contributed by atoms with Gasteiger partial charge in [-0.25, -0.2) is 4.39 Å². The molecule has 2 aromatic carbocycles. The number of ether oxygens (including phenoxy) is 1. The van der Waals surface area contributed by atoms with E-state index in [1.807, 2.05) is 6.07 Å². The predicted octanol–water partition coefficient (Wildman–Crippen LogP) is 3.69. The van der Waals surface area contributed by atoms with Gasteiger partial charge in [-0.05, 0) is 56.1 Å². The highest BCUT2D eigenvalue weighted by Gasteiger charge is 2.17. The molecule has 2 saturated heterocycles. The summed E-state index contributed by atoms with van der Waals surface area (Å²) in [5.74, 6) is 0.0834. The molecule has 0 radical (unpaired) electrons. The van der Waals surface area contributed by atoms with Crippen molar-refractivity contribution >= 4 is 5.69 Å². The second kappa shape index (κ2) is 8.93. The highest BCUT2D eigenvalue weighted by atomic mass is 19.1. The first-order chi connectivity index (χ1) is 13.7. The number of para-hydroxylation sites is 1. The number of halogens is 1. The Bertz CT molecular complexity index is 798. The van der Waals surface area contributed by atoms with E-state index in [1.54, 1.807) is 6.07 Å². The first-order valence-corrected chi connectivity index (χ1v) is 10.4. The highest BCUT2D eigenvalue weighted by Crippen LogP contribution is 2.35. The van der Waals surface area contributed by atoms with Gasteiger partial charge in [0.2, 0.25) is 0 Å². The van der Waals surface area contributed by atoms with E-state index in [0.717, 1.165) is 56.9 Å². The Morgan fingerprint density at radius 3 is 2.61 bits per heavy atom. The fourth-order valence-electron chi connectivity index (χ4n) is 4.19. The Balaban J connectivity index is 1.57. The van der Waals surface area contributed by atoms with Crippen molar-refractivity contribution in [3.63, 3.8) is 0 Å². The molecule has 2 aromatic rings. The van der Waals surface area contributed by atoms with Gasteiger partial charge in [-0.15, -0.1) is 0 Å². The van der Waals surface area contributed by atoms with Crippen molar-refractivity contribution in [1.82, 2.24) is 10.2 Å². The van der Waals surface area contributed by atoms with Crippen LogP contribution in [-0.2, 0) is 0 Å². The number of benzene rings is 2. The summed E-state index contributed by atoms with van der Waals surface area (Å²) in [5.41, 5.74) is 4.32. The number of nitrogens with one attached hydrogen (secondary N) is 1. The van der Waals surface area contributed by atoms with E-state index in [-0.39, 0.29) is 5.82 Å². The number of anilines is 1. The summed E-state index contributed by atoms with van der Waals surface area (Å²) in [7, 11) is 0. The monoisotopic (exact) mass is 383 g/mol. The molecule has 2 heterocycles. The van der Waals surface area contributed by atoms with Crippen LogP contribution in [0.4, 0.5) is 10.1 Å². The smallest absolute Gasteiger partial charge is 0.165 e. The van der Waals surface area contributed by atoms with Crippen molar-refractivity contribution in [2.24, 2.45) is 0 Å². The second-order valence-corrected chi connectivity index (χ2v) is 7.75. The lowest BCUT2D eigenvalue weighted by molar-refractivity contribution is 0.232. The molecule has 0 aromatic heterocycles. The van der Waals surface area contributed by atoms with Crippen LogP contribution in [0.2, 0.25) is 0 Å². The molecule has 0 atom stereocenters. The molecule has 2 aliphatic heterocycles. The third kappa shape index (κ3) is 4.31. The van der Waals surface area contributed by atoms with Gasteiger partial charge in [0.05, 0.1) is 0 Å². The van der Waals surface area contributed by atoms with Crippen LogP contribution in [0.25, 0.3) is 11.1 Å². The Morgan fingerprint density at radius 2 is 1.82 bits per heavy atom. The first kappa shape index (κ1) is 19.2. The van der Waals surface area contributed by atoms with E-state index in [0.29, 0.717) is 12.4 Å². The molecule has 0 unspecified atom stereocenters. The molecule has 4 rings (SSSR count). The average molecular weight is 384 g/mol. The number of nitrogens with zero attached hydrogens (tertiary/aromatic N) is 2. The van der Waals surface area contributed by atoms with E-state index < -0.39 is 0 Å². The lowest BCUT2D eigenvalue weighted by Crippen LogP contribution is -2.43. The molecule has 28 heavy (non-hydrogen) atoms. The van der Waals surface area contributed by atoms with Gasteiger partial charge in [0.25, 0.3) is 0 Å². The topological polar surface area (TPSA) is 27.7 Å². The quantitative estimate of drug-likeness (QED) is 0.824. The minimum Gasteiger partial charge on any atom is -0.489 e. The normalized spacial score (nSPS) is 17.9. The fraction of sp³-hybridized carbons (Fsp3) is 0.478. The summed E-state index contributed by atoms with van der Waals surface area (Å²) < 4.78 is 20.6. The van der Waals surface area contributed by atoms with Crippen molar-refractivity contribution in [1.29, 1.82) is 0 Å². The van der Waals surface area contributed by atoms with Gasteiger partial charge in [0.1, 0.15) is 6.61 Å². The summed E-state index contributed by atoms with van der Waals surface area (Å²) in [6.45, 7) is 9.74. The van der Waals surface area contributed by atoms with Crippen LogP contribution in [0.15, 0.2) is 36.4 Å². The average Bonchev–Trinajstić information content (AvgIpc) is 3.24. The second-order valence-electron chi connectivity index (χ2n) is 7.75. The van der Waals surface area contributed by atoms with Crippen LogP contribution < -0.4 is 15.0 Å². The van der Waals surface area contributed by atoms with E-state index in [4.69, 9.17) is 4.74 Å². The lowest BCUT2D eigenvalue weighted by Gasteiger charge is -2.31. The summed E-state index contributed by atoms with van der Waals surface area (Å²) in [6, 6.07) is 11.6. The molecule has 0 amide bonds. The van der Waals surface area contributed by atoms with Gasteiger partial charge in [0, 0.05) is 44.0 Å². The standard InChI is InChI=1S/C23H30FN3O/c1-18-7-8-19(17-22(18)27-13-9-25-10-14-27)20-5-4-6-21(24)23(20)28-16-15-26-11-2-3-12-26/h4-8,17,25H,2-3,9-16H2,1H3. The Hall–Kier alpha value is -2.11. The number of hydrogen-bond acceptors (Lipinski definition) is 4. The number of likely N-dealkylation sites (tertiary alicyclic amines) is 1. The van der Waals surface area contributed by atoms with Gasteiger partial charge in [-0.2, -0.15) is 0 Å². The maximum absolute atomic E-state index is 14.6. The van der Waals surface area contributed by atoms with Gasteiger partial charge < -0.3 is 15.0 Å². The number of rotatable bonds is 6. The zero-order chi connectivity index (χ0) is 19.3. The lowest BCUT2D eigenvalue weighted by atomic mass is 10.0. The molecule has 2 fully saturated rings. The van der Waals surface area contributed by atoms with Gasteiger partial charge in [-0.3, -0.25) is 4.90 Å². The SMILES string of the molecule is Cc1ccc(-c2cccc(F)c2OCCN2CCCC2)cc1N1CCNCC1. The van der Waals surface area contributed by atoms with Gasteiger partial charge >= 0.3 is 0 Å². The van der Waals surface area contributed by atoms with E-state index in [1.165, 1.54) is 30.2 Å². The molecule has 0 spiro atoms. The molecule has 2 aliphatic rings. The molecular weight excluding hydrogens is 353 g/mol. The summed E-state index contributed by atoms with van der Waals surface area (Å²) >= 11 is 0.